The standard InChI is InChI=1S/C20H23N3O2S/c24-20(8-7-19-21-17-5-1-2-6-18(17)22-19)23(12-15-9-11-26-14-15)13-16-4-3-10-25-16/h1-2,5-6,9,11,14,16H,3-4,7-8,10,12-13H2,(H,21,22). The number of ether oxygens (including phenoxy) is 1. The van der Waals surface area contributed by atoms with Crippen LogP contribution in [0.1, 0.15) is 30.7 Å². The molecule has 136 valence electrons. The Morgan fingerprint density at radius 3 is 3.04 bits per heavy atom. The number of hydrogen-bond donors (Lipinski definition) is 1. The molecule has 2 aromatic heterocycles. The lowest BCUT2D eigenvalue weighted by atomic mass is 10.2. The lowest BCUT2D eigenvalue weighted by Crippen LogP contribution is -2.37. The van der Waals surface area contributed by atoms with Crippen LogP contribution in [0.5, 0.6) is 0 Å². The van der Waals surface area contributed by atoms with Gasteiger partial charge in [-0.15, -0.1) is 0 Å². The van der Waals surface area contributed by atoms with Crippen LogP contribution in [0.4, 0.5) is 0 Å². The number of aromatic amines is 1. The number of fused-ring (bicyclic) bond motifs is 1. The zero-order chi connectivity index (χ0) is 17.8. The number of amides is 1. The van der Waals surface area contributed by atoms with Crippen molar-refractivity contribution in [2.24, 2.45) is 0 Å². The van der Waals surface area contributed by atoms with Gasteiger partial charge in [0.15, 0.2) is 0 Å². The second-order valence-electron chi connectivity index (χ2n) is 6.74. The summed E-state index contributed by atoms with van der Waals surface area (Å²) < 4.78 is 5.75. The Morgan fingerprint density at radius 2 is 2.27 bits per heavy atom. The maximum absolute atomic E-state index is 12.9. The number of nitrogens with zero attached hydrogens (tertiary/aromatic N) is 2. The summed E-state index contributed by atoms with van der Waals surface area (Å²) in [5.41, 5.74) is 3.15. The largest absolute Gasteiger partial charge is 0.376 e. The van der Waals surface area contributed by atoms with Gasteiger partial charge in [-0.25, -0.2) is 4.98 Å². The molecule has 26 heavy (non-hydrogen) atoms. The van der Waals surface area contributed by atoms with Crippen LogP contribution in [0.2, 0.25) is 0 Å². The first-order valence-corrected chi connectivity index (χ1v) is 10.1. The number of rotatable bonds is 7. The molecule has 1 atom stereocenters. The monoisotopic (exact) mass is 369 g/mol. The average Bonchev–Trinajstić information content (AvgIpc) is 3.40. The fraction of sp³-hybridized carbons (Fsp3) is 0.400. The summed E-state index contributed by atoms with van der Waals surface area (Å²) in [7, 11) is 0. The molecule has 1 aromatic carbocycles. The molecule has 3 heterocycles. The normalized spacial score (nSPS) is 17.0. The molecule has 1 amide bonds. The van der Waals surface area contributed by atoms with E-state index >= 15 is 0 Å². The molecule has 1 N–H and O–H groups in total. The third-order valence-electron chi connectivity index (χ3n) is 4.77. The number of imidazole rings is 1. The molecule has 1 unspecified atom stereocenters. The summed E-state index contributed by atoms with van der Waals surface area (Å²) in [6, 6.07) is 10.0. The molecule has 4 rings (SSSR count). The fourth-order valence-electron chi connectivity index (χ4n) is 3.40. The van der Waals surface area contributed by atoms with E-state index in [2.05, 4.69) is 26.8 Å². The van der Waals surface area contributed by atoms with Crippen LogP contribution >= 0.6 is 11.3 Å². The van der Waals surface area contributed by atoms with Crippen LogP contribution in [0.25, 0.3) is 11.0 Å². The van der Waals surface area contributed by atoms with Gasteiger partial charge in [0.25, 0.3) is 0 Å². The first kappa shape index (κ1) is 17.2. The number of aryl methyl sites for hydroxylation is 1. The number of nitrogens with one attached hydrogen (secondary N) is 1. The number of H-pyrrole nitrogens is 1. The molecule has 0 bridgehead atoms. The van der Waals surface area contributed by atoms with Gasteiger partial charge < -0.3 is 14.6 Å². The Balaban J connectivity index is 1.40. The zero-order valence-corrected chi connectivity index (χ0v) is 15.5. The Labute approximate surface area is 157 Å². The van der Waals surface area contributed by atoms with E-state index in [9.17, 15) is 4.79 Å². The molecule has 5 nitrogen and oxygen atoms in total. The summed E-state index contributed by atoms with van der Waals surface area (Å²) in [4.78, 5) is 22.7. The highest BCUT2D eigenvalue weighted by molar-refractivity contribution is 7.07. The van der Waals surface area contributed by atoms with Gasteiger partial charge >= 0.3 is 0 Å². The van der Waals surface area contributed by atoms with E-state index in [4.69, 9.17) is 4.74 Å². The average molecular weight is 369 g/mol. The van der Waals surface area contributed by atoms with Crippen molar-refractivity contribution >= 4 is 28.3 Å². The van der Waals surface area contributed by atoms with Crippen molar-refractivity contribution < 1.29 is 9.53 Å². The quantitative estimate of drug-likeness (QED) is 0.690. The van der Waals surface area contributed by atoms with Gasteiger partial charge in [-0.2, -0.15) is 11.3 Å². The molecule has 3 aromatic rings. The van der Waals surface area contributed by atoms with Crippen LogP contribution in [-0.4, -0.2) is 40.0 Å². The zero-order valence-electron chi connectivity index (χ0n) is 14.7. The maximum Gasteiger partial charge on any atom is 0.223 e. The first-order valence-electron chi connectivity index (χ1n) is 9.12. The summed E-state index contributed by atoms with van der Waals surface area (Å²) in [5.74, 6) is 1.03. The van der Waals surface area contributed by atoms with Gasteiger partial charge in [0.05, 0.1) is 17.1 Å². The second-order valence-corrected chi connectivity index (χ2v) is 7.52. The maximum atomic E-state index is 12.9. The van der Waals surface area contributed by atoms with E-state index in [1.54, 1.807) is 11.3 Å². The molecule has 0 radical (unpaired) electrons. The van der Waals surface area contributed by atoms with Crippen molar-refractivity contribution in [2.75, 3.05) is 13.2 Å². The number of carbonyl (C=O) groups is 1. The fourth-order valence-corrected chi connectivity index (χ4v) is 4.06. The van der Waals surface area contributed by atoms with Crippen LogP contribution < -0.4 is 0 Å². The molecule has 1 aliphatic rings. The smallest absolute Gasteiger partial charge is 0.223 e. The SMILES string of the molecule is O=C(CCc1nc2ccccc2[nH]1)N(Cc1ccsc1)CC1CCCO1. The van der Waals surface area contributed by atoms with E-state index in [1.807, 2.05) is 29.2 Å². The van der Waals surface area contributed by atoms with E-state index in [0.29, 0.717) is 25.9 Å². The minimum absolute atomic E-state index is 0.159. The van der Waals surface area contributed by atoms with Crippen molar-refractivity contribution in [1.82, 2.24) is 14.9 Å². The number of hydrogen-bond acceptors (Lipinski definition) is 4. The van der Waals surface area contributed by atoms with Gasteiger partial charge in [0.1, 0.15) is 5.82 Å². The predicted octanol–water partition coefficient (Wildman–Crippen LogP) is 3.76. The van der Waals surface area contributed by atoms with Gasteiger partial charge in [0.2, 0.25) is 5.91 Å². The van der Waals surface area contributed by atoms with Crippen LogP contribution in [0.3, 0.4) is 0 Å². The molecule has 6 heteroatoms. The van der Waals surface area contributed by atoms with Gasteiger partial charge in [-0.1, -0.05) is 12.1 Å². The van der Waals surface area contributed by atoms with E-state index in [0.717, 1.165) is 36.3 Å². The summed E-state index contributed by atoms with van der Waals surface area (Å²) in [5, 5.41) is 4.16. The first-order chi connectivity index (χ1) is 12.8. The van der Waals surface area contributed by atoms with Gasteiger partial charge in [0, 0.05) is 32.5 Å². The third-order valence-corrected chi connectivity index (χ3v) is 5.50. The van der Waals surface area contributed by atoms with Crippen molar-refractivity contribution in [2.45, 2.75) is 38.3 Å². The summed E-state index contributed by atoms with van der Waals surface area (Å²) in [6.07, 6.45) is 3.38. The number of thiophene rings is 1. The van der Waals surface area contributed by atoms with E-state index in [1.165, 1.54) is 5.56 Å². The molecule has 0 aliphatic carbocycles. The number of benzene rings is 1. The topological polar surface area (TPSA) is 58.2 Å². The van der Waals surface area contributed by atoms with Crippen LogP contribution in [0, 0.1) is 0 Å². The highest BCUT2D eigenvalue weighted by atomic mass is 32.1. The third kappa shape index (κ3) is 4.14. The summed E-state index contributed by atoms with van der Waals surface area (Å²) >= 11 is 1.66. The lowest BCUT2D eigenvalue weighted by Gasteiger charge is -2.25. The molecule has 0 spiro atoms. The molecule has 1 aliphatic heterocycles. The van der Waals surface area contributed by atoms with Crippen molar-refractivity contribution in [3.63, 3.8) is 0 Å². The van der Waals surface area contributed by atoms with Crippen molar-refractivity contribution in [3.05, 3.63) is 52.5 Å². The van der Waals surface area contributed by atoms with Crippen LogP contribution in [-0.2, 0) is 22.5 Å². The van der Waals surface area contributed by atoms with Gasteiger partial charge in [-0.05, 0) is 47.4 Å². The highest BCUT2D eigenvalue weighted by Crippen LogP contribution is 2.18. The number of para-hydroxylation sites is 2. The van der Waals surface area contributed by atoms with E-state index < -0.39 is 0 Å². The Morgan fingerprint density at radius 1 is 1.35 bits per heavy atom. The van der Waals surface area contributed by atoms with Crippen molar-refractivity contribution in [3.8, 4) is 0 Å². The van der Waals surface area contributed by atoms with E-state index in [-0.39, 0.29) is 12.0 Å². The number of carbonyl (C=O) groups excluding carboxylic acids is 1. The van der Waals surface area contributed by atoms with Gasteiger partial charge in [-0.3, -0.25) is 4.79 Å². The van der Waals surface area contributed by atoms with Crippen molar-refractivity contribution in [1.29, 1.82) is 0 Å². The molecule has 0 saturated carbocycles. The molecule has 1 saturated heterocycles. The highest BCUT2D eigenvalue weighted by Gasteiger charge is 2.23. The molecule has 1 fully saturated rings. The second kappa shape index (κ2) is 8.01. The van der Waals surface area contributed by atoms with Crippen LogP contribution in [0.15, 0.2) is 41.1 Å². The minimum Gasteiger partial charge on any atom is -0.376 e. The summed E-state index contributed by atoms with van der Waals surface area (Å²) in [6.45, 7) is 2.14. The number of aromatic nitrogens is 2. The Bertz CT molecular complexity index is 820. The molecular weight excluding hydrogens is 346 g/mol. The Kier molecular flexibility index (Phi) is 5.32. The predicted molar refractivity (Wildman–Crippen MR) is 103 cm³/mol. The lowest BCUT2D eigenvalue weighted by molar-refractivity contribution is -0.133. The Hall–Kier alpha value is -2.18. The minimum atomic E-state index is 0.159. The molecular formula is C20H23N3O2S.